The van der Waals surface area contributed by atoms with Crippen molar-refractivity contribution in [3.63, 3.8) is 0 Å². The third-order valence-corrected chi connectivity index (χ3v) is 13.9. The van der Waals surface area contributed by atoms with Gasteiger partial charge in [-0.1, -0.05) is 68.8 Å². The number of rotatable bonds is 4. The topological polar surface area (TPSA) is 33.8 Å². The minimum atomic E-state index is 0.0468. The Hall–Kier alpha value is -5.35. The van der Waals surface area contributed by atoms with Gasteiger partial charge in [0.15, 0.2) is 29.7 Å². The van der Waals surface area contributed by atoms with Crippen molar-refractivity contribution >= 4 is 27.8 Å². The third kappa shape index (κ3) is 5.58. The molecule has 0 bridgehead atoms. The van der Waals surface area contributed by atoms with Crippen molar-refractivity contribution < 1.29 is 13.6 Å². The molecule has 0 N–H and O–H groups in total. The molecule has 0 fully saturated rings. The van der Waals surface area contributed by atoms with Gasteiger partial charge in [-0.2, -0.15) is 9.13 Å². The predicted octanol–water partition coefficient (Wildman–Crippen LogP) is 12.6. The van der Waals surface area contributed by atoms with E-state index in [4.69, 9.17) is 16.0 Å². The van der Waals surface area contributed by atoms with Crippen LogP contribution in [-0.2, 0) is 11.8 Å². The van der Waals surface area contributed by atoms with Gasteiger partial charge < -0.3 is 4.42 Å². The molecule has 2 atom stereocenters. The summed E-state index contributed by atoms with van der Waals surface area (Å²) in [5.74, 6) is 0.273. The first-order chi connectivity index (χ1) is 26.9. The summed E-state index contributed by atoms with van der Waals surface area (Å²) in [6.45, 7) is 25.4. The molecule has 6 heterocycles. The highest BCUT2D eigenvalue weighted by atomic mass is 16.3. The highest BCUT2D eigenvalue weighted by Crippen LogP contribution is 2.47. The summed E-state index contributed by atoms with van der Waals surface area (Å²) in [7, 11) is 0. The zero-order valence-corrected chi connectivity index (χ0v) is 34.7. The quantitative estimate of drug-likeness (QED) is 0.169. The van der Waals surface area contributed by atoms with Crippen LogP contribution >= 0.6 is 0 Å². The monoisotopic (exact) mass is 737 g/mol. The average Bonchev–Trinajstić information content (AvgIpc) is 3.55. The third-order valence-electron chi connectivity index (χ3n) is 13.9. The molecule has 2 aliphatic heterocycles. The number of hydrogen-bond acceptors (Lipinski definition) is 2. The lowest BCUT2D eigenvalue weighted by Crippen LogP contribution is -2.49. The van der Waals surface area contributed by atoms with E-state index in [1.165, 1.54) is 66.9 Å². The number of aromatic nitrogens is 3. The van der Waals surface area contributed by atoms with E-state index in [0.29, 0.717) is 5.71 Å². The average molecular weight is 738 g/mol. The highest BCUT2D eigenvalue weighted by molar-refractivity contribution is 6.09. The van der Waals surface area contributed by atoms with Crippen LogP contribution in [0.15, 0.2) is 96.2 Å². The molecule has 4 nitrogen and oxygen atoms in total. The summed E-state index contributed by atoms with van der Waals surface area (Å²) in [4.78, 5) is 5.21. The van der Waals surface area contributed by atoms with E-state index in [9.17, 15) is 0 Å². The Morgan fingerprint density at radius 3 is 2.25 bits per heavy atom. The van der Waals surface area contributed by atoms with E-state index >= 15 is 0 Å². The molecule has 3 aromatic carbocycles. The Bertz CT molecular complexity index is 2740. The molecule has 56 heavy (non-hydrogen) atoms. The lowest BCUT2D eigenvalue weighted by molar-refractivity contribution is -0.719. The van der Waals surface area contributed by atoms with Crippen LogP contribution in [-0.4, -0.2) is 4.98 Å². The zero-order valence-electron chi connectivity index (χ0n) is 34.7. The lowest BCUT2D eigenvalue weighted by atomic mass is 9.75. The van der Waals surface area contributed by atoms with Gasteiger partial charge in [0.2, 0.25) is 17.1 Å². The van der Waals surface area contributed by atoms with Crippen molar-refractivity contribution in [2.75, 3.05) is 0 Å². The fraction of sp³-hybridized carbons (Fsp3) is 0.327. The molecule has 9 rings (SSSR count). The number of aryl methyl sites for hydroxylation is 7. The molecule has 2 aliphatic rings. The standard InChI is InChI=1S/C52H55N3O/c1-11-52(10,12-2)43-29-54-36(9)27-42-41-24-30(3)16-19-38(41)46-25-33(6)35(8)28-55(46)45(42)23-18-37-17-20-39-40-21-22-44(48-31(4)14-13-15-32(48)5)53-51(40)56-50(39)49(37)47(54)26-34(43)7/h13-17,19-22,24-26,28-29,42,45H,9,11-12,18,23,27H2,1-8,10H3/q+2. The Kier molecular flexibility index (Phi) is 8.68. The molecule has 282 valence electrons. The smallest absolute Gasteiger partial charge is 0.227 e. The highest BCUT2D eigenvalue weighted by Gasteiger charge is 2.43. The first-order valence-corrected chi connectivity index (χ1v) is 20.7. The summed E-state index contributed by atoms with van der Waals surface area (Å²) >= 11 is 0. The molecule has 0 spiro atoms. The fourth-order valence-electron chi connectivity index (χ4n) is 10.1. The number of benzene rings is 3. The van der Waals surface area contributed by atoms with Crippen molar-refractivity contribution in [3.8, 4) is 33.8 Å². The molecular weight excluding hydrogens is 683 g/mol. The van der Waals surface area contributed by atoms with Gasteiger partial charge in [-0.15, -0.1) is 0 Å². The van der Waals surface area contributed by atoms with Crippen molar-refractivity contribution in [3.05, 3.63) is 142 Å². The minimum Gasteiger partial charge on any atom is -0.437 e. The van der Waals surface area contributed by atoms with Gasteiger partial charge >= 0.3 is 0 Å². The van der Waals surface area contributed by atoms with Crippen LogP contribution < -0.4 is 9.13 Å². The molecule has 4 aromatic heterocycles. The SMILES string of the molecule is C=C1CC2c3cc(C)ccc3-c3cc(C)c(C)c[n+]3C2CCc2ccc3c(oc4nc(-c5c(C)cccc5C)ccc43)c2-c2cc(C)c(C(C)(CC)CC)c[n+]21. The van der Waals surface area contributed by atoms with Crippen molar-refractivity contribution in [1.82, 2.24) is 4.98 Å². The van der Waals surface area contributed by atoms with Crippen LogP contribution in [0.25, 0.3) is 61.5 Å². The first-order valence-electron chi connectivity index (χ1n) is 20.7. The second-order valence-electron chi connectivity index (χ2n) is 17.3. The first kappa shape index (κ1) is 36.3. The lowest BCUT2D eigenvalue weighted by Gasteiger charge is -2.32. The Labute approximate surface area is 332 Å². The van der Waals surface area contributed by atoms with Crippen LogP contribution in [0.4, 0.5) is 0 Å². The van der Waals surface area contributed by atoms with Gasteiger partial charge in [-0.05, 0) is 124 Å². The Morgan fingerprint density at radius 2 is 1.50 bits per heavy atom. The maximum absolute atomic E-state index is 7.03. The number of hydrogen-bond donors (Lipinski definition) is 0. The van der Waals surface area contributed by atoms with E-state index in [0.717, 1.165) is 71.1 Å². The van der Waals surface area contributed by atoms with Crippen LogP contribution in [0.5, 0.6) is 0 Å². The van der Waals surface area contributed by atoms with Crippen molar-refractivity contribution in [1.29, 1.82) is 0 Å². The molecule has 0 saturated carbocycles. The van der Waals surface area contributed by atoms with Crippen LogP contribution in [0.1, 0.15) is 108 Å². The second kappa shape index (κ2) is 13.4. The molecule has 0 radical (unpaired) electrons. The second-order valence-corrected chi connectivity index (χ2v) is 17.3. The molecule has 0 amide bonds. The van der Waals surface area contributed by atoms with Gasteiger partial charge in [0.25, 0.3) is 0 Å². The van der Waals surface area contributed by atoms with Gasteiger partial charge in [-0.25, -0.2) is 4.98 Å². The summed E-state index contributed by atoms with van der Waals surface area (Å²) < 4.78 is 12.1. The number of nitrogens with zero attached hydrogens (tertiary/aromatic N) is 3. The van der Waals surface area contributed by atoms with Crippen molar-refractivity contribution in [2.45, 2.75) is 112 Å². The van der Waals surface area contributed by atoms with Crippen LogP contribution in [0.2, 0.25) is 0 Å². The van der Waals surface area contributed by atoms with Gasteiger partial charge in [0.05, 0.1) is 17.2 Å². The number of pyridine rings is 3. The molecule has 0 aliphatic carbocycles. The molecule has 2 unspecified atom stereocenters. The summed E-state index contributed by atoms with van der Waals surface area (Å²) in [5, 5.41) is 2.15. The Balaban J connectivity index is 1.31. The molecule has 7 aromatic rings. The minimum absolute atomic E-state index is 0.0468. The van der Waals surface area contributed by atoms with Crippen LogP contribution in [0.3, 0.4) is 0 Å². The van der Waals surface area contributed by atoms with Gasteiger partial charge in [-0.3, -0.25) is 0 Å². The molecular formula is C52H55N3O+2. The molecule has 0 saturated heterocycles. The predicted molar refractivity (Wildman–Crippen MR) is 231 cm³/mol. The van der Waals surface area contributed by atoms with E-state index in [-0.39, 0.29) is 17.4 Å². The normalized spacial score (nSPS) is 16.6. The number of fused-ring (bicyclic) bond motifs is 13. The fourth-order valence-corrected chi connectivity index (χ4v) is 10.1. The Morgan fingerprint density at radius 1 is 0.768 bits per heavy atom. The van der Waals surface area contributed by atoms with Gasteiger partial charge in [0, 0.05) is 58.0 Å². The van der Waals surface area contributed by atoms with E-state index in [1.807, 2.05) is 0 Å². The van der Waals surface area contributed by atoms with E-state index in [2.05, 4.69) is 157 Å². The summed E-state index contributed by atoms with van der Waals surface area (Å²) in [6.07, 6.45) is 9.76. The van der Waals surface area contributed by atoms with Crippen LogP contribution in [0, 0.1) is 41.5 Å². The maximum atomic E-state index is 7.03. The van der Waals surface area contributed by atoms with Gasteiger partial charge in [0.1, 0.15) is 0 Å². The largest absolute Gasteiger partial charge is 0.437 e. The maximum Gasteiger partial charge on any atom is 0.227 e. The molecule has 4 heteroatoms. The number of allylic oxidation sites excluding steroid dienone is 1. The van der Waals surface area contributed by atoms with E-state index in [1.54, 1.807) is 0 Å². The van der Waals surface area contributed by atoms with E-state index < -0.39 is 0 Å². The summed E-state index contributed by atoms with van der Waals surface area (Å²) in [6, 6.07) is 27.7. The van der Waals surface area contributed by atoms with Crippen molar-refractivity contribution in [2.24, 2.45) is 0 Å². The summed E-state index contributed by atoms with van der Waals surface area (Å²) in [5.41, 5.74) is 21.7. The zero-order chi connectivity index (χ0) is 39.2. The number of furan rings is 1.